The van der Waals surface area contributed by atoms with Crippen LogP contribution in [0.25, 0.3) is 10.9 Å². The van der Waals surface area contributed by atoms with Crippen molar-refractivity contribution in [2.75, 3.05) is 13.7 Å². The lowest BCUT2D eigenvalue weighted by molar-refractivity contribution is -0.142. The summed E-state index contributed by atoms with van der Waals surface area (Å²) in [5.41, 5.74) is 2.08. The van der Waals surface area contributed by atoms with Crippen molar-refractivity contribution in [1.29, 1.82) is 0 Å². The van der Waals surface area contributed by atoms with Gasteiger partial charge in [-0.2, -0.15) is 0 Å². The summed E-state index contributed by atoms with van der Waals surface area (Å²) in [5, 5.41) is 0.917. The van der Waals surface area contributed by atoms with Gasteiger partial charge in [-0.25, -0.2) is 4.79 Å². The average molecular weight is 245 g/mol. The van der Waals surface area contributed by atoms with Gasteiger partial charge in [0.2, 0.25) is 0 Å². The van der Waals surface area contributed by atoms with Crippen molar-refractivity contribution in [3.8, 4) is 5.75 Å². The van der Waals surface area contributed by atoms with Crippen molar-refractivity contribution in [2.24, 2.45) is 0 Å². The summed E-state index contributed by atoms with van der Waals surface area (Å²) in [5.74, 6) is 0.257. The van der Waals surface area contributed by atoms with Crippen LogP contribution in [0.3, 0.4) is 0 Å². The number of para-hydroxylation sites is 1. The minimum Gasteiger partial charge on any atom is -0.481 e. The molecule has 4 heteroatoms. The fourth-order valence-corrected chi connectivity index (χ4v) is 1.82. The number of pyridine rings is 1. The normalized spacial score (nSPS) is 10.3. The maximum Gasteiger partial charge on any atom is 0.343 e. The lowest BCUT2D eigenvalue weighted by Gasteiger charge is -2.09. The second-order valence-electron chi connectivity index (χ2n) is 3.84. The molecule has 0 radical (unpaired) electrons. The van der Waals surface area contributed by atoms with Gasteiger partial charge in [0.15, 0.2) is 6.61 Å². The highest BCUT2D eigenvalue weighted by Crippen LogP contribution is 2.26. The van der Waals surface area contributed by atoms with E-state index in [0.717, 1.165) is 22.9 Å². The molecule has 0 aliphatic heterocycles. The lowest BCUT2D eigenvalue weighted by Crippen LogP contribution is -2.12. The van der Waals surface area contributed by atoms with Crippen LogP contribution in [0.2, 0.25) is 0 Å². The standard InChI is InChI=1S/C14H15NO3/c1-3-10-5-4-6-11-12(7-8-15-14(10)11)18-9-13(16)17-2/h4-8H,3,9H2,1-2H3. The number of fused-ring (bicyclic) bond motifs is 1. The van der Waals surface area contributed by atoms with E-state index in [1.807, 2.05) is 18.2 Å². The van der Waals surface area contributed by atoms with Crippen LogP contribution in [0.15, 0.2) is 30.5 Å². The monoisotopic (exact) mass is 245 g/mol. The maximum absolute atomic E-state index is 11.1. The first-order valence-electron chi connectivity index (χ1n) is 5.82. The van der Waals surface area contributed by atoms with Crippen molar-refractivity contribution in [3.05, 3.63) is 36.0 Å². The number of carbonyl (C=O) groups is 1. The molecule has 0 fully saturated rings. The molecule has 0 N–H and O–H groups in total. The Hall–Kier alpha value is -2.10. The highest BCUT2D eigenvalue weighted by atomic mass is 16.6. The Morgan fingerprint density at radius 3 is 2.89 bits per heavy atom. The molecule has 1 aromatic carbocycles. The summed E-state index contributed by atoms with van der Waals surface area (Å²) >= 11 is 0. The molecule has 4 nitrogen and oxygen atoms in total. The highest BCUT2D eigenvalue weighted by Gasteiger charge is 2.08. The zero-order chi connectivity index (χ0) is 13.0. The molecule has 0 saturated heterocycles. The number of ether oxygens (including phenoxy) is 2. The molecule has 0 saturated carbocycles. The minimum atomic E-state index is -0.397. The van der Waals surface area contributed by atoms with Crippen LogP contribution in [-0.2, 0) is 16.0 Å². The molecule has 0 amide bonds. The van der Waals surface area contributed by atoms with Crippen molar-refractivity contribution in [2.45, 2.75) is 13.3 Å². The first-order chi connectivity index (χ1) is 8.76. The Morgan fingerprint density at radius 2 is 2.17 bits per heavy atom. The number of esters is 1. The summed E-state index contributed by atoms with van der Waals surface area (Å²) in [7, 11) is 1.34. The molecule has 0 atom stereocenters. The molecule has 0 aliphatic rings. The molecule has 0 bridgehead atoms. The average Bonchev–Trinajstić information content (AvgIpc) is 2.43. The molecule has 18 heavy (non-hydrogen) atoms. The Kier molecular flexibility index (Phi) is 3.77. The zero-order valence-corrected chi connectivity index (χ0v) is 10.5. The number of methoxy groups -OCH3 is 1. The third-order valence-electron chi connectivity index (χ3n) is 2.77. The molecule has 1 aromatic heterocycles. The van der Waals surface area contributed by atoms with E-state index in [1.165, 1.54) is 7.11 Å². The van der Waals surface area contributed by atoms with Crippen LogP contribution >= 0.6 is 0 Å². The first kappa shape index (κ1) is 12.4. The van der Waals surface area contributed by atoms with Crippen LogP contribution in [0.5, 0.6) is 5.75 Å². The number of benzene rings is 1. The fraction of sp³-hybridized carbons (Fsp3) is 0.286. The number of nitrogens with zero attached hydrogens (tertiary/aromatic N) is 1. The molecule has 94 valence electrons. The summed E-state index contributed by atoms with van der Waals surface area (Å²) in [4.78, 5) is 15.4. The van der Waals surface area contributed by atoms with E-state index >= 15 is 0 Å². The van der Waals surface area contributed by atoms with Crippen LogP contribution in [0.4, 0.5) is 0 Å². The van der Waals surface area contributed by atoms with Gasteiger partial charge in [0.05, 0.1) is 12.6 Å². The van der Waals surface area contributed by atoms with Gasteiger partial charge in [0.1, 0.15) is 5.75 Å². The van der Waals surface area contributed by atoms with Crippen molar-refractivity contribution in [3.63, 3.8) is 0 Å². The maximum atomic E-state index is 11.1. The van der Waals surface area contributed by atoms with Gasteiger partial charge in [-0.3, -0.25) is 4.98 Å². The molecular weight excluding hydrogens is 230 g/mol. The number of hydrogen-bond acceptors (Lipinski definition) is 4. The third-order valence-corrected chi connectivity index (χ3v) is 2.77. The highest BCUT2D eigenvalue weighted by molar-refractivity contribution is 5.87. The molecule has 1 heterocycles. The number of hydrogen-bond donors (Lipinski definition) is 0. The summed E-state index contributed by atoms with van der Waals surface area (Å²) in [6, 6.07) is 7.70. The molecular formula is C14H15NO3. The van der Waals surface area contributed by atoms with E-state index in [4.69, 9.17) is 4.74 Å². The lowest BCUT2D eigenvalue weighted by atomic mass is 10.1. The van der Waals surface area contributed by atoms with E-state index < -0.39 is 5.97 Å². The second kappa shape index (κ2) is 5.49. The Bertz CT molecular complexity index is 566. The second-order valence-corrected chi connectivity index (χ2v) is 3.84. The van der Waals surface area contributed by atoms with E-state index in [1.54, 1.807) is 12.3 Å². The summed E-state index contributed by atoms with van der Waals surface area (Å²) in [6.07, 6.45) is 2.60. The van der Waals surface area contributed by atoms with Crippen molar-refractivity contribution < 1.29 is 14.3 Å². The predicted molar refractivity (Wildman–Crippen MR) is 68.6 cm³/mol. The topological polar surface area (TPSA) is 48.4 Å². The van der Waals surface area contributed by atoms with Gasteiger partial charge in [0, 0.05) is 11.6 Å². The van der Waals surface area contributed by atoms with Crippen LogP contribution in [0.1, 0.15) is 12.5 Å². The number of aryl methyl sites for hydroxylation is 1. The van der Waals surface area contributed by atoms with Gasteiger partial charge in [-0.1, -0.05) is 19.1 Å². The first-order valence-corrected chi connectivity index (χ1v) is 5.82. The summed E-state index contributed by atoms with van der Waals surface area (Å²) in [6.45, 7) is 1.99. The quantitative estimate of drug-likeness (QED) is 0.776. The van der Waals surface area contributed by atoms with Gasteiger partial charge in [0.25, 0.3) is 0 Å². The molecule has 2 rings (SSSR count). The molecule has 0 aliphatic carbocycles. The van der Waals surface area contributed by atoms with E-state index in [0.29, 0.717) is 5.75 Å². The van der Waals surface area contributed by atoms with E-state index in [9.17, 15) is 4.79 Å². The van der Waals surface area contributed by atoms with Gasteiger partial charge >= 0.3 is 5.97 Å². The van der Waals surface area contributed by atoms with Gasteiger partial charge in [-0.05, 0) is 24.1 Å². The number of aromatic nitrogens is 1. The number of carbonyl (C=O) groups excluding carboxylic acids is 1. The predicted octanol–water partition coefficient (Wildman–Crippen LogP) is 2.35. The van der Waals surface area contributed by atoms with Crippen molar-refractivity contribution in [1.82, 2.24) is 4.98 Å². The van der Waals surface area contributed by atoms with Crippen molar-refractivity contribution >= 4 is 16.9 Å². The zero-order valence-electron chi connectivity index (χ0n) is 10.5. The minimum absolute atomic E-state index is 0.0913. The largest absolute Gasteiger partial charge is 0.481 e. The fourth-order valence-electron chi connectivity index (χ4n) is 1.82. The van der Waals surface area contributed by atoms with E-state index in [-0.39, 0.29) is 6.61 Å². The molecule has 0 spiro atoms. The van der Waals surface area contributed by atoms with Gasteiger partial charge < -0.3 is 9.47 Å². The van der Waals surface area contributed by atoms with Crippen LogP contribution in [-0.4, -0.2) is 24.7 Å². The van der Waals surface area contributed by atoms with Crippen LogP contribution in [0, 0.1) is 0 Å². The van der Waals surface area contributed by atoms with Crippen LogP contribution < -0.4 is 4.74 Å². The summed E-state index contributed by atoms with van der Waals surface area (Å²) < 4.78 is 10.0. The Morgan fingerprint density at radius 1 is 1.33 bits per heavy atom. The van der Waals surface area contributed by atoms with Gasteiger partial charge in [-0.15, -0.1) is 0 Å². The molecule has 0 unspecified atom stereocenters. The molecule has 2 aromatic rings. The smallest absolute Gasteiger partial charge is 0.343 e. The Balaban J connectivity index is 2.36. The van der Waals surface area contributed by atoms with E-state index in [2.05, 4.69) is 16.6 Å². The third kappa shape index (κ3) is 2.42. The number of rotatable bonds is 4. The SMILES string of the molecule is CCc1cccc2c(OCC(=O)OC)ccnc12. The Labute approximate surface area is 106 Å².